The molecular formula is C12H13FN2O. The van der Waals surface area contributed by atoms with Gasteiger partial charge in [0.05, 0.1) is 17.4 Å². The number of piperidine rings is 1. The van der Waals surface area contributed by atoms with Gasteiger partial charge in [-0.05, 0) is 31.0 Å². The van der Waals surface area contributed by atoms with Gasteiger partial charge in [0.1, 0.15) is 11.9 Å². The lowest BCUT2D eigenvalue weighted by Gasteiger charge is -2.31. The zero-order valence-corrected chi connectivity index (χ0v) is 8.86. The summed E-state index contributed by atoms with van der Waals surface area (Å²) in [4.78, 5) is 2.02. The van der Waals surface area contributed by atoms with E-state index in [2.05, 4.69) is 0 Å². The van der Waals surface area contributed by atoms with Crippen LogP contribution in [0.1, 0.15) is 18.4 Å². The minimum absolute atomic E-state index is 0.248. The number of nitrogens with zero attached hydrogens (tertiary/aromatic N) is 2. The van der Waals surface area contributed by atoms with Crippen LogP contribution in [0.2, 0.25) is 0 Å². The summed E-state index contributed by atoms with van der Waals surface area (Å²) in [7, 11) is 0. The molecule has 1 fully saturated rings. The number of aliphatic hydroxyl groups excluding tert-OH is 1. The Bertz CT molecular complexity index is 420. The van der Waals surface area contributed by atoms with Gasteiger partial charge >= 0.3 is 0 Å². The molecule has 84 valence electrons. The predicted octanol–water partition coefficient (Wildman–Crippen LogP) is 1.66. The second-order valence-electron chi connectivity index (χ2n) is 3.99. The number of anilines is 1. The van der Waals surface area contributed by atoms with Gasteiger partial charge in [0, 0.05) is 13.1 Å². The highest BCUT2D eigenvalue weighted by Gasteiger charge is 2.19. The summed E-state index contributed by atoms with van der Waals surface area (Å²) in [5, 5.41) is 18.3. The van der Waals surface area contributed by atoms with Crippen molar-refractivity contribution in [2.45, 2.75) is 18.9 Å². The molecule has 1 heterocycles. The van der Waals surface area contributed by atoms with E-state index in [1.807, 2.05) is 11.0 Å². The van der Waals surface area contributed by atoms with Crippen molar-refractivity contribution in [1.82, 2.24) is 0 Å². The molecule has 0 bridgehead atoms. The van der Waals surface area contributed by atoms with E-state index in [0.29, 0.717) is 31.5 Å². The van der Waals surface area contributed by atoms with Gasteiger partial charge in [-0.2, -0.15) is 5.26 Å². The third kappa shape index (κ3) is 2.15. The van der Waals surface area contributed by atoms with Crippen LogP contribution >= 0.6 is 0 Å². The maximum Gasteiger partial charge on any atom is 0.124 e. The molecule has 0 atom stereocenters. The van der Waals surface area contributed by atoms with Crippen LogP contribution < -0.4 is 4.90 Å². The fourth-order valence-corrected chi connectivity index (χ4v) is 1.98. The summed E-state index contributed by atoms with van der Waals surface area (Å²) in [6, 6.07) is 6.24. The third-order valence-electron chi connectivity index (χ3n) is 2.88. The first-order chi connectivity index (χ1) is 7.70. The Morgan fingerprint density at radius 3 is 2.69 bits per heavy atom. The van der Waals surface area contributed by atoms with Crippen LogP contribution in [0, 0.1) is 17.1 Å². The average Bonchev–Trinajstić information content (AvgIpc) is 2.30. The summed E-state index contributed by atoms with van der Waals surface area (Å²) in [5.74, 6) is -0.391. The van der Waals surface area contributed by atoms with Crippen LogP contribution in [0.4, 0.5) is 10.1 Å². The fraction of sp³-hybridized carbons (Fsp3) is 0.417. The first-order valence-electron chi connectivity index (χ1n) is 5.33. The summed E-state index contributed by atoms with van der Waals surface area (Å²) >= 11 is 0. The van der Waals surface area contributed by atoms with Gasteiger partial charge in [-0.1, -0.05) is 0 Å². The Kier molecular flexibility index (Phi) is 3.07. The monoisotopic (exact) mass is 220 g/mol. The maximum absolute atomic E-state index is 13.0. The molecule has 0 unspecified atom stereocenters. The second-order valence-corrected chi connectivity index (χ2v) is 3.99. The molecule has 0 aliphatic carbocycles. The first kappa shape index (κ1) is 10.9. The van der Waals surface area contributed by atoms with Gasteiger partial charge in [0.15, 0.2) is 0 Å². The van der Waals surface area contributed by atoms with E-state index in [1.54, 1.807) is 6.07 Å². The van der Waals surface area contributed by atoms with Crippen LogP contribution in [0.15, 0.2) is 18.2 Å². The van der Waals surface area contributed by atoms with Crippen molar-refractivity contribution in [3.63, 3.8) is 0 Å². The Morgan fingerprint density at radius 1 is 1.38 bits per heavy atom. The second kappa shape index (κ2) is 4.50. The van der Waals surface area contributed by atoms with Crippen molar-refractivity contribution in [2.24, 2.45) is 0 Å². The summed E-state index contributed by atoms with van der Waals surface area (Å²) in [5.41, 5.74) is 1.12. The lowest BCUT2D eigenvalue weighted by molar-refractivity contribution is 0.145. The molecule has 0 amide bonds. The number of aliphatic hydroxyl groups is 1. The molecule has 1 aromatic rings. The highest BCUT2D eigenvalue weighted by atomic mass is 19.1. The van der Waals surface area contributed by atoms with Crippen LogP contribution in [0.3, 0.4) is 0 Å². The number of nitriles is 1. The summed E-state index contributed by atoms with van der Waals surface area (Å²) in [6.45, 7) is 1.42. The molecule has 1 saturated heterocycles. The van der Waals surface area contributed by atoms with Crippen molar-refractivity contribution in [2.75, 3.05) is 18.0 Å². The Morgan fingerprint density at radius 2 is 2.06 bits per heavy atom. The molecule has 0 aromatic heterocycles. The van der Waals surface area contributed by atoms with E-state index < -0.39 is 5.82 Å². The van der Waals surface area contributed by atoms with Crippen LogP contribution in [0.25, 0.3) is 0 Å². The molecule has 16 heavy (non-hydrogen) atoms. The third-order valence-corrected chi connectivity index (χ3v) is 2.88. The van der Waals surface area contributed by atoms with Crippen molar-refractivity contribution >= 4 is 5.69 Å². The van der Waals surface area contributed by atoms with Gasteiger partial charge in [-0.3, -0.25) is 0 Å². The van der Waals surface area contributed by atoms with E-state index in [4.69, 9.17) is 5.26 Å². The predicted molar refractivity (Wildman–Crippen MR) is 58.6 cm³/mol. The Hall–Kier alpha value is -1.60. The number of halogens is 1. The largest absolute Gasteiger partial charge is 0.393 e. The highest BCUT2D eigenvalue weighted by Crippen LogP contribution is 2.24. The lowest BCUT2D eigenvalue weighted by atomic mass is 10.1. The van der Waals surface area contributed by atoms with Gasteiger partial charge in [0.2, 0.25) is 0 Å². The minimum Gasteiger partial charge on any atom is -0.393 e. The van der Waals surface area contributed by atoms with Crippen LogP contribution in [-0.4, -0.2) is 24.3 Å². The fourth-order valence-electron chi connectivity index (χ4n) is 1.98. The van der Waals surface area contributed by atoms with E-state index in [-0.39, 0.29) is 6.10 Å². The molecule has 1 N–H and O–H groups in total. The quantitative estimate of drug-likeness (QED) is 0.783. The summed E-state index contributed by atoms with van der Waals surface area (Å²) < 4.78 is 13.0. The topological polar surface area (TPSA) is 47.3 Å². The Balaban J connectivity index is 2.24. The molecule has 1 aliphatic rings. The van der Waals surface area contributed by atoms with Gasteiger partial charge in [-0.25, -0.2) is 4.39 Å². The zero-order valence-electron chi connectivity index (χ0n) is 8.86. The molecule has 0 radical (unpaired) electrons. The highest BCUT2D eigenvalue weighted by molar-refractivity contribution is 5.59. The van der Waals surface area contributed by atoms with Crippen LogP contribution in [-0.2, 0) is 0 Å². The molecule has 1 aliphatic heterocycles. The smallest absolute Gasteiger partial charge is 0.124 e. The number of hydrogen-bond acceptors (Lipinski definition) is 3. The van der Waals surface area contributed by atoms with Gasteiger partial charge < -0.3 is 10.0 Å². The van der Waals surface area contributed by atoms with E-state index in [9.17, 15) is 9.50 Å². The molecule has 3 nitrogen and oxygen atoms in total. The number of rotatable bonds is 1. The molecular weight excluding hydrogens is 207 g/mol. The molecule has 1 aromatic carbocycles. The van der Waals surface area contributed by atoms with Crippen molar-refractivity contribution in [1.29, 1.82) is 5.26 Å². The molecule has 0 spiro atoms. The molecule has 0 saturated carbocycles. The van der Waals surface area contributed by atoms with Crippen LogP contribution in [0.5, 0.6) is 0 Å². The van der Waals surface area contributed by atoms with Gasteiger partial charge in [0.25, 0.3) is 0 Å². The molecule has 4 heteroatoms. The van der Waals surface area contributed by atoms with Crippen molar-refractivity contribution in [3.05, 3.63) is 29.6 Å². The van der Waals surface area contributed by atoms with E-state index in [0.717, 1.165) is 5.69 Å². The first-order valence-corrected chi connectivity index (χ1v) is 5.33. The minimum atomic E-state index is -0.391. The van der Waals surface area contributed by atoms with Crippen molar-refractivity contribution in [3.8, 4) is 6.07 Å². The van der Waals surface area contributed by atoms with E-state index in [1.165, 1.54) is 12.1 Å². The summed E-state index contributed by atoms with van der Waals surface area (Å²) in [6.07, 6.45) is 1.15. The number of benzene rings is 1. The van der Waals surface area contributed by atoms with E-state index >= 15 is 0 Å². The zero-order chi connectivity index (χ0) is 11.5. The normalized spacial score (nSPS) is 17.2. The molecule has 2 rings (SSSR count). The average molecular weight is 220 g/mol. The van der Waals surface area contributed by atoms with Crippen molar-refractivity contribution < 1.29 is 9.50 Å². The standard InChI is InChI=1S/C12H13FN2O/c13-10-1-2-12(9(7-10)8-14)15-5-3-11(16)4-6-15/h1-2,7,11,16H,3-6H2. The number of hydrogen-bond donors (Lipinski definition) is 1. The SMILES string of the molecule is N#Cc1cc(F)ccc1N1CCC(O)CC1. The Labute approximate surface area is 93.7 Å². The maximum atomic E-state index is 13.0. The lowest BCUT2D eigenvalue weighted by Crippen LogP contribution is -2.36. The van der Waals surface area contributed by atoms with Gasteiger partial charge in [-0.15, -0.1) is 0 Å².